The smallest absolute Gasteiger partial charge is 0.316 e. The zero-order chi connectivity index (χ0) is 15.6. The van der Waals surface area contributed by atoms with Crippen molar-refractivity contribution < 1.29 is 18.3 Å². The number of amides is 2. The normalized spacial score (nSPS) is 10.3. The van der Waals surface area contributed by atoms with Crippen LogP contribution in [0.3, 0.4) is 0 Å². The van der Waals surface area contributed by atoms with Crippen LogP contribution in [0.4, 0.5) is 19.3 Å². The number of benzene rings is 1. The zero-order valence-corrected chi connectivity index (χ0v) is 11.5. The second kappa shape index (κ2) is 5.92. The van der Waals surface area contributed by atoms with E-state index in [-0.39, 0.29) is 27.7 Å². The fourth-order valence-electron chi connectivity index (χ4n) is 1.72. The summed E-state index contributed by atoms with van der Waals surface area (Å²) in [4.78, 5) is 14.5. The van der Waals surface area contributed by atoms with Crippen molar-refractivity contribution in [1.82, 2.24) is 4.98 Å². The molecule has 2 amide bonds. The van der Waals surface area contributed by atoms with E-state index in [0.29, 0.717) is 0 Å². The molecule has 0 radical (unpaired) electrons. The van der Waals surface area contributed by atoms with Gasteiger partial charge in [-0.05, 0) is 18.2 Å². The van der Waals surface area contributed by atoms with Crippen LogP contribution in [0.15, 0.2) is 24.4 Å². The number of aromatic nitrogens is 1. The molecule has 2 rings (SSSR count). The number of carbonyl (C=O) groups excluding carboxylic acids is 1. The van der Waals surface area contributed by atoms with Crippen LogP contribution in [0.1, 0.15) is 0 Å². The predicted octanol–water partition coefficient (Wildman–Crippen LogP) is 3.18. The first-order valence-corrected chi connectivity index (χ1v) is 6.05. The van der Waals surface area contributed by atoms with Crippen LogP contribution in [0, 0.1) is 11.6 Å². The van der Waals surface area contributed by atoms with Gasteiger partial charge >= 0.3 is 6.03 Å². The second-order valence-corrected chi connectivity index (χ2v) is 4.42. The number of ether oxygens (including phenoxy) is 1. The van der Waals surface area contributed by atoms with Crippen molar-refractivity contribution in [3.63, 3.8) is 0 Å². The Morgan fingerprint density at radius 1 is 1.33 bits per heavy atom. The van der Waals surface area contributed by atoms with Gasteiger partial charge in [0.25, 0.3) is 0 Å². The molecule has 0 fully saturated rings. The Morgan fingerprint density at radius 2 is 2.05 bits per heavy atom. The summed E-state index contributed by atoms with van der Waals surface area (Å²) >= 11 is 6.01. The first-order valence-electron chi connectivity index (χ1n) is 5.67. The first-order chi connectivity index (χ1) is 9.92. The van der Waals surface area contributed by atoms with Crippen LogP contribution in [0.25, 0.3) is 11.1 Å². The monoisotopic (exact) mass is 313 g/mol. The lowest BCUT2D eigenvalue weighted by molar-refractivity contribution is 0.259. The Bertz CT molecular complexity index is 710. The molecule has 1 aromatic carbocycles. The molecule has 0 saturated heterocycles. The van der Waals surface area contributed by atoms with Crippen molar-refractivity contribution in [1.29, 1.82) is 0 Å². The zero-order valence-electron chi connectivity index (χ0n) is 10.8. The van der Waals surface area contributed by atoms with Crippen LogP contribution in [0.2, 0.25) is 5.02 Å². The Kier molecular flexibility index (Phi) is 4.23. The van der Waals surface area contributed by atoms with E-state index < -0.39 is 17.7 Å². The minimum atomic E-state index is -0.921. The summed E-state index contributed by atoms with van der Waals surface area (Å²) in [6.45, 7) is 0. The number of hydrogen-bond donors (Lipinski definition) is 2. The maximum atomic E-state index is 13.9. The van der Waals surface area contributed by atoms with Gasteiger partial charge in [-0.2, -0.15) is 0 Å². The highest BCUT2D eigenvalue weighted by Gasteiger charge is 2.14. The van der Waals surface area contributed by atoms with Crippen LogP contribution >= 0.6 is 11.6 Å². The van der Waals surface area contributed by atoms with Crippen molar-refractivity contribution in [3.8, 4) is 17.0 Å². The molecule has 0 aliphatic heterocycles. The molecule has 0 bridgehead atoms. The number of anilines is 1. The van der Waals surface area contributed by atoms with E-state index in [1.807, 2.05) is 0 Å². The van der Waals surface area contributed by atoms with Gasteiger partial charge in [-0.3, -0.25) is 0 Å². The highest BCUT2D eigenvalue weighted by molar-refractivity contribution is 6.33. The van der Waals surface area contributed by atoms with Crippen LogP contribution < -0.4 is 15.8 Å². The molecule has 3 N–H and O–H groups in total. The molecule has 0 aliphatic rings. The van der Waals surface area contributed by atoms with Gasteiger partial charge in [-0.1, -0.05) is 11.6 Å². The number of nitrogens with two attached hydrogens (primary N) is 1. The topological polar surface area (TPSA) is 77.2 Å². The third-order valence-electron chi connectivity index (χ3n) is 2.63. The van der Waals surface area contributed by atoms with Gasteiger partial charge in [0.15, 0.2) is 5.82 Å². The Labute approximate surface area is 123 Å². The number of rotatable bonds is 3. The quantitative estimate of drug-likeness (QED) is 0.913. The lowest BCUT2D eigenvalue weighted by Gasteiger charge is -2.10. The van der Waals surface area contributed by atoms with Gasteiger partial charge in [-0.15, -0.1) is 0 Å². The van der Waals surface area contributed by atoms with Gasteiger partial charge in [-0.25, -0.2) is 18.6 Å². The average Bonchev–Trinajstić information content (AvgIpc) is 2.42. The molecular weight excluding hydrogens is 304 g/mol. The summed E-state index contributed by atoms with van der Waals surface area (Å²) in [5.74, 6) is -1.64. The number of nitrogens with one attached hydrogen (secondary N) is 1. The summed E-state index contributed by atoms with van der Waals surface area (Å²) in [7, 11) is 1.28. The number of pyridine rings is 1. The summed E-state index contributed by atoms with van der Waals surface area (Å²) < 4.78 is 32.2. The second-order valence-electron chi connectivity index (χ2n) is 4.02. The lowest BCUT2D eigenvalue weighted by atomic mass is 10.1. The molecule has 0 aliphatic carbocycles. The fourth-order valence-corrected chi connectivity index (χ4v) is 1.99. The van der Waals surface area contributed by atoms with Gasteiger partial charge in [0.1, 0.15) is 5.82 Å². The number of methoxy groups -OCH3 is 1. The molecule has 2 aromatic rings. The van der Waals surface area contributed by atoms with Crippen LogP contribution in [-0.2, 0) is 0 Å². The van der Waals surface area contributed by atoms with Gasteiger partial charge in [0, 0.05) is 17.3 Å². The first kappa shape index (κ1) is 15.0. The molecule has 5 nitrogen and oxygen atoms in total. The SMILES string of the molecule is COc1ncc(-c2cc(F)c(NC(N)=O)cc2Cl)cc1F. The highest BCUT2D eigenvalue weighted by atomic mass is 35.5. The van der Waals surface area contributed by atoms with E-state index in [1.165, 1.54) is 19.4 Å². The third kappa shape index (κ3) is 3.19. The van der Waals surface area contributed by atoms with Crippen molar-refractivity contribution >= 4 is 23.3 Å². The summed E-state index contributed by atoms with van der Waals surface area (Å²) in [5.41, 5.74) is 5.23. The van der Waals surface area contributed by atoms with E-state index in [0.717, 1.165) is 12.1 Å². The predicted molar refractivity (Wildman–Crippen MR) is 74.4 cm³/mol. The number of halogens is 3. The minimum Gasteiger partial charge on any atom is -0.479 e. The maximum Gasteiger partial charge on any atom is 0.316 e. The number of nitrogens with zero attached hydrogens (tertiary/aromatic N) is 1. The lowest BCUT2D eigenvalue weighted by Crippen LogP contribution is -2.20. The summed E-state index contributed by atoms with van der Waals surface area (Å²) in [6, 6.07) is 2.43. The molecule has 1 heterocycles. The Hall–Kier alpha value is -2.41. The van der Waals surface area contributed by atoms with Crippen molar-refractivity contribution in [2.45, 2.75) is 0 Å². The largest absolute Gasteiger partial charge is 0.479 e. The maximum absolute atomic E-state index is 13.9. The van der Waals surface area contributed by atoms with Crippen molar-refractivity contribution in [2.24, 2.45) is 5.73 Å². The Morgan fingerprint density at radius 3 is 2.62 bits per heavy atom. The summed E-state index contributed by atoms with van der Waals surface area (Å²) in [6.07, 6.45) is 1.30. The standard InChI is InChI=1S/C13H10ClF2N3O2/c1-21-12-10(16)2-6(5-18-12)7-3-9(15)11(4-8(7)14)19-13(17)20/h2-5H,1H3,(H3,17,19,20). The van der Waals surface area contributed by atoms with Crippen molar-refractivity contribution in [3.05, 3.63) is 41.1 Å². The van der Waals surface area contributed by atoms with Crippen LogP contribution in [-0.4, -0.2) is 18.1 Å². The molecule has 0 atom stereocenters. The molecular formula is C13H10ClF2N3O2. The molecule has 0 spiro atoms. The van der Waals surface area contributed by atoms with E-state index in [4.69, 9.17) is 22.1 Å². The molecule has 1 aromatic heterocycles. The van der Waals surface area contributed by atoms with Gasteiger partial charge in [0.2, 0.25) is 5.88 Å². The third-order valence-corrected chi connectivity index (χ3v) is 2.94. The van der Waals surface area contributed by atoms with Gasteiger partial charge < -0.3 is 15.8 Å². The molecule has 0 saturated carbocycles. The number of primary amides is 1. The average molecular weight is 314 g/mol. The minimum absolute atomic E-state index is 0.103. The highest BCUT2D eigenvalue weighted by Crippen LogP contribution is 2.33. The van der Waals surface area contributed by atoms with Crippen LogP contribution in [0.5, 0.6) is 5.88 Å². The number of carbonyl (C=O) groups is 1. The number of hydrogen-bond acceptors (Lipinski definition) is 3. The van der Waals surface area contributed by atoms with Gasteiger partial charge in [0.05, 0.1) is 17.8 Å². The molecule has 21 heavy (non-hydrogen) atoms. The number of urea groups is 1. The van der Waals surface area contributed by atoms with E-state index in [9.17, 15) is 13.6 Å². The summed E-state index contributed by atoms with van der Waals surface area (Å²) in [5, 5.41) is 2.20. The van der Waals surface area contributed by atoms with E-state index >= 15 is 0 Å². The van der Waals surface area contributed by atoms with E-state index in [2.05, 4.69) is 10.3 Å². The van der Waals surface area contributed by atoms with E-state index in [1.54, 1.807) is 0 Å². The Balaban J connectivity index is 2.47. The van der Waals surface area contributed by atoms with Crippen molar-refractivity contribution in [2.75, 3.05) is 12.4 Å². The molecule has 8 heteroatoms. The molecule has 110 valence electrons. The fraction of sp³-hybridized carbons (Fsp3) is 0.0769. The molecule has 0 unspecified atom stereocenters.